The normalized spacial score (nSPS) is 10.4. The molecular formula is C11H15N3O2. The molecule has 0 spiro atoms. The number of hydrogen-bond acceptors (Lipinski definition) is 4. The van der Waals surface area contributed by atoms with Gasteiger partial charge in [-0.3, -0.25) is 10.1 Å². The van der Waals surface area contributed by atoms with E-state index in [1.165, 1.54) is 12.1 Å². The molecule has 1 aromatic carbocycles. The van der Waals surface area contributed by atoms with Crippen molar-refractivity contribution < 1.29 is 4.92 Å². The fourth-order valence-corrected chi connectivity index (χ4v) is 1.45. The number of benzene rings is 1. The number of likely N-dealkylation sites (N-methyl/N-ethyl adjacent to an activating group) is 1. The Labute approximate surface area is 94.3 Å². The highest BCUT2D eigenvalue weighted by Crippen LogP contribution is 2.25. The van der Waals surface area contributed by atoms with E-state index in [1.54, 1.807) is 6.07 Å². The maximum absolute atomic E-state index is 10.5. The van der Waals surface area contributed by atoms with Gasteiger partial charge in [-0.05, 0) is 25.7 Å². The van der Waals surface area contributed by atoms with Crippen LogP contribution in [-0.4, -0.2) is 30.5 Å². The van der Waals surface area contributed by atoms with Crippen LogP contribution in [0.15, 0.2) is 24.8 Å². The van der Waals surface area contributed by atoms with Crippen molar-refractivity contribution in [3.63, 3.8) is 0 Å². The largest absolute Gasteiger partial charge is 0.398 e. The first-order chi connectivity index (χ1) is 7.41. The minimum absolute atomic E-state index is 0.00102. The summed E-state index contributed by atoms with van der Waals surface area (Å²) in [7, 11) is 3.85. The van der Waals surface area contributed by atoms with Gasteiger partial charge in [0, 0.05) is 29.9 Å². The third kappa shape index (κ3) is 2.80. The van der Waals surface area contributed by atoms with E-state index in [0.29, 0.717) is 12.2 Å². The molecule has 5 nitrogen and oxygen atoms in total. The number of nitrogens with two attached hydrogens (primary N) is 1. The molecule has 0 aliphatic rings. The summed E-state index contributed by atoms with van der Waals surface area (Å²) in [6.45, 7) is 4.58. The Bertz CT molecular complexity index is 427. The standard InChI is InChI=1S/C11H15N3O2/c1-8(7-13(2)3)10-5-4-9(14(15)16)6-11(10)12/h4-6H,1,7,12H2,2-3H3. The fourth-order valence-electron chi connectivity index (χ4n) is 1.45. The number of rotatable bonds is 4. The molecule has 0 saturated carbocycles. The van der Waals surface area contributed by atoms with Crippen LogP contribution in [0.2, 0.25) is 0 Å². The molecule has 2 N–H and O–H groups in total. The average Bonchev–Trinajstić information content (AvgIpc) is 2.15. The Morgan fingerprint density at radius 3 is 2.62 bits per heavy atom. The van der Waals surface area contributed by atoms with Gasteiger partial charge in [0.15, 0.2) is 0 Å². The van der Waals surface area contributed by atoms with Gasteiger partial charge in [-0.15, -0.1) is 0 Å². The Kier molecular flexibility index (Phi) is 3.63. The molecule has 0 aliphatic carbocycles. The molecule has 1 rings (SSSR count). The predicted octanol–water partition coefficient (Wildman–Crippen LogP) is 1.75. The number of nitro benzene ring substituents is 1. The van der Waals surface area contributed by atoms with Gasteiger partial charge in [0.1, 0.15) is 0 Å². The van der Waals surface area contributed by atoms with Crippen molar-refractivity contribution in [1.29, 1.82) is 0 Å². The maximum atomic E-state index is 10.5. The van der Waals surface area contributed by atoms with E-state index in [1.807, 2.05) is 19.0 Å². The number of nitrogens with zero attached hydrogens (tertiary/aromatic N) is 2. The van der Waals surface area contributed by atoms with Crippen LogP contribution in [0, 0.1) is 10.1 Å². The maximum Gasteiger partial charge on any atom is 0.271 e. The van der Waals surface area contributed by atoms with Crippen molar-refractivity contribution in [2.75, 3.05) is 26.4 Å². The molecule has 0 heterocycles. The average molecular weight is 221 g/mol. The lowest BCUT2D eigenvalue weighted by atomic mass is 10.0. The lowest BCUT2D eigenvalue weighted by molar-refractivity contribution is -0.384. The molecular weight excluding hydrogens is 206 g/mol. The van der Waals surface area contributed by atoms with Crippen LogP contribution in [0.5, 0.6) is 0 Å². The van der Waals surface area contributed by atoms with Crippen LogP contribution in [0.3, 0.4) is 0 Å². The summed E-state index contributed by atoms with van der Waals surface area (Å²) in [5.41, 5.74) is 7.75. The first-order valence-electron chi connectivity index (χ1n) is 4.78. The van der Waals surface area contributed by atoms with E-state index in [4.69, 9.17) is 5.73 Å². The molecule has 0 bridgehead atoms. The topological polar surface area (TPSA) is 72.4 Å². The van der Waals surface area contributed by atoms with E-state index < -0.39 is 4.92 Å². The van der Waals surface area contributed by atoms with Crippen LogP contribution in [0.1, 0.15) is 5.56 Å². The van der Waals surface area contributed by atoms with Crippen LogP contribution < -0.4 is 5.73 Å². The lowest BCUT2D eigenvalue weighted by Gasteiger charge is -2.13. The van der Waals surface area contributed by atoms with Gasteiger partial charge >= 0.3 is 0 Å². The van der Waals surface area contributed by atoms with E-state index in [9.17, 15) is 10.1 Å². The van der Waals surface area contributed by atoms with E-state index in [0.717, 1.165) is 11.1 Å². The third-order valence-electron chi connectivity index (χ3n) is 2.13. The minimum atomic E-state index is -0.463. The van der Waals surface area contributed by atoms with Crippen molar-refractivity contribution in [2.45, 2.75) is 0 Å². The first kappa shape index (κ1) is 12.2. The van der Waals surface area contributed by atoms with E-state index in [2.05, 4.69) is 6.58 Å². The third-order valence-corrected chi connectivity index (χ3v) is 2.13. The smallest absolute Gasteiger partial charge is 0.271 e. The second-order valence-corrected chi connectivity index (χ2v) is 3.87. The minimum Gasteiger partial charge on any atom is -0.398 e. The summed E-state index contributed by atoms with van der Waals surface area (Å²) >= 11 is 0. The second-order valence-electron chi connectivity index (χ2n) is 3.87. The number of non-ortho nitro benzene ring substituents is 1. The number of hydrogen-bond donors (Lipinski definition) is 1. The van der Waals surface area contributed by atoms with Crippen molar-refractivity contribution in [1.82, 2.24) is 4.90 Å². The number of anilines is 1. The predicted molar refractivity (Wildman–Crippen MR) is 65.1 cm³/mol. The summed E-state index contributed by atoms with van der Waals surface area (Å²) in [6, 6.07) is 4.43. The Hall–Kier alpha value is -1.88. The zero-order valence-corrected chi connectivity index (χ0v) is 9.43. The molecule has 1 aromatic rings. The number of nitrogen functional groups attached to an aromatic ring is 1. The second kappa shape index (κ2) is 4.76. The molecule has 0 atom stereocenters. The van der Waals surface area contributed by atoms with Gasteiger partial charge in [-0.2, -0.15) is 0 Å². The summed E-state index contributed by atoms with van der Waals surface area (Å²) in [4.78, 5) is 12.0. The monoisotopic (exact) mass is 221 g/mol. The van der Waals surface area contributed by atoms with Gasteiger partial charge in [-0.1, -0.05) is 6.58 Å². The molecule has 5 heteroatoms. The van der Waals surface area contributed by atoms with E-state index >= 15 is 0 Å². The van der Waals surface area contributed by atoms with Gasteiger partial charge in [0.05, 0.1) is 4.92 Å². The SMILES string of the molecule is C=C(CN(C)C)c1ccc([N+](=O)[O-])cc1N. The van der Waals surface area contributed by atoms with Gasteiger partial charge < -0.3 is 10.6 Å². The highest BCUT2D eigenvalue weighted by atomic mass is 16.6. The molecule has 16 heavy (non-hydrogen) atoms. The van der Waals surface area contributed by atoms with Gasteiger partial charge in [0.25, 0.3) is 5.69 Å². The fraction of sp³-hybridized carbons (Fsp3) is 0.273. The van der Waals surface area contributed by atoms with Crippen molar-refractivity contribution in [2.24, 2.45) is 0 Å². The van der Waals surface area contributed by atoms with E-state index in [-0.39, 0.29) is 5.69 Å². The van der Waals surface area contributed by atoms with Crippen LogP contribution in [-0.2, 0) is 0 Å². The molecule has 0 saturated heterocycles. The van der Waals surface area contributed by atoms with Crippen molar-refractivity contribution in [3.05, 3.63) is 40.5 Å². The Balaban J connectivity index is 2.99. The molecule has 0 amide bonds. The summed E-state index contributed by atoms with van der Waals surface area (Å²) in [5, 5.41) is 10.5. The molecule has 0 aliphatic heterocycles. The van der Waals surface area contributed by atoms with Crippen LogP contribution in [0.25, 0.3) is 5.57 Å². The molecule has 0 unspecified atom stereocenters. The van der Waals surface area contributed by atoms with Crippen molar-refractivity contribution >= 4 is 16.9 Å². The highest BCUT2D eigenvalue weighted by Gasteiger charge is 2.10. The Morgan fingerprint density at radius 2 is 2.19 bits per heavy atom. The summed E-state index contributed by atoms with van der Waals surface area (Å²) in [6.07, 6.45) is 0. The summed E-state index contributed by atoms with van der Waals surface area (Å²) in [5.74, 6) is 0. The molecule has 0 aromatic heterocycles. The van der Waals surface area contributed by atoms with Gasteiger partial charge in [-0.25, -0.2) is 0 Å². The zero-order chi connectivity index (χ0) is 12.3. The quantitative estimate of drug-likeness (QED) is 0.477. The van der Waals surface area contributed by atoms with Gasteiger partial charge in [0.2, 0.25) is 0 Å². The van der Waals surface area contributed by atoms with Crippen LogP contribution in [0.4, 0.5) is 11.4 Å². The Morgan fingerprint density at radius 1 is 1.56 bits per heavy atom. The molecule has 86 valence electrons. The first-order valence-corrected chi connectivity index (χ1v) is 4.78. The lowest BCUT2D eigenvalue weighted by Crippen LogP contribution is -2.14. The van der Waals surface area contributed by atoms with Crippen molar-refractivity contribution in [3.8, 4) is 0 Å². The number of nitro groups is 1. The molecule has 0 fully saturated rings. The summed E-state index contributed by atoms with van der Waals surface area (Å²) < 4.78 is 0. The zero-order valence-electron chi connectivity index (χ0n) is 9.43. The van der Waals surface area contributed by atoms with Crippen LogP contribution >= 0.6 is 0 Å². The highest BCUT2D eigenvalue weighted by molar-refractivity contribution is 5.76. The molecule has 0 radical (unpaired) electrons.